The van der Waals surface area contributed by atoms with E-state index in [4.69, 9.17) is 0 Å². The molecule has 0 amide bonds. The van der Waals surface area contributed by atoms with E-state index in [9.17, 15) is 0 Å². The van der Waals surface area contributed by atoms with Gasteiger partial charge < -0.3 is 4.90 Å². The molecule has 0 fully saturated rings. The Bertz CT molecular complexity index is 260. The van der Waals surface area contributed by atoms with Crippen LogP contribution in [0.2, 0.25) is 0 Å². The van der Waals surface area contributed by atoms with E-state index in [1.165, 1.54) is 10.9 Å². The van der Waals surface area contributed by atoms with E-state index in [2.05, 4.69) is 36.1 Å². The molecule has 0 saturated heterocycles. The van der Waals surface area contributed by atoms with Crippen LogP contribution in [-0.2, 0) is 0 Å². The quantitative estimate of drug-likeness (QED) is 0.571. The molecule has 2 nitrogen and oxygen atoms in total. The summed E-state index contributed by atoms with van der Waals surface area (Å²) in [5, 5.41) is 3.43. The van der Waals surface area contributed by atoms with Crippen molar-refractivity contribution in [3.05, 3.63) is 11.1 Å². The van der Waals surface area contributed by atoms with Crippen LogP contribution in [-0.4, -0.2) is 23.2 Å². The van der Waals surface area contributed by atoms with Gasteiger partial charge in [-0.25, -0.2) is 0 Å². The summed E-state index contributed by atoms with van der Waals surface area (Å²) in [5.74, 6) is 0. The molecule has 0 aliphatic carbocycles. The Morgan fingerprint density at radius 2 is 2.25 bits per heavy atom. The first-order chi connectivity index (χ1) is 5.59. The van der Waals surface area contributed by atoms with Crippen LogP contribution < -0.4 is 0 Å². The van der Waals surface area contributed by atoms with Crippen molar-refractivity contribution in [1.29, 1.82) is 0 Å². The van der Waals surface area contributed by atoms with Crippen LogP contribution in [0.5, 0.6) is 0 Å². The van der Waals surface area contributed by atoms with Gasteiger partial charge in [-0.15, -0.1) is 0 Å². The maximum atomic E-state index is 4.41. The average molecular weight is 182 g/mol. The normalized spacial score (nSPS) is 22.4. The third-order valence-corrected chi connectivity index (χ3v) is 3.04. The van der Waals surface area contributed by atoms with Crippen molar-refractivity contribution in [2.45, 2.75) is 20.8 Å². The van der Waals surface area contributed by atoms with Gasteiger partial charge in [-0.3, -0.25) is 4.99 Å². The average Bonchev–Trinajstić information content (AvgIpc) is 2.37. The maximum Gasteiger partial charge on any atom is 0.167 e. The largest absolute Gasteiger partial charge is 0.322 e. The lowest BCUT2D eigenvalue weighted by Crippen LogP contribution is -2.28. The molecular weight excluding hydrogens is 168 g/mol. The van der Waals surface area contributed by atoms with Crippen LogP contribution in [0.4, 0.5) is 0 Å². The van der Waals surface area contributed by atoms with Gasteiger partial charge in [0, 0.05) is 17.7 Å². The zero-order valence-electron chi connectivity index (χ0n) is 7.79. The summed E-state index contributed by atoms with van der Waals surface area (Å²) >= 11 is 1.76. The maximum absolute atomic E-state index is 4.41. The highest BCUT2D eigenvalue weighted by atomic mass is 32.2. The Morgan fingerprint density at radius 3 is 2.92 bits per heavy atom. The lowest BCUT2D eigenvalue weighted by molar-refractivity contribution is 0.386. The molecule has 0 spiro atoms. The van der Waals surface area contributed by atoms with Gasteiger partial charge in [0.15, 0.2) is 5.17 Å². The molecule has 0 N–H and O–H groups in total. The predicted molar refractivity (Wildman–Crippen MR) is 54.1 cm³/mol. The molecule has 3 heteroatoms. The van der Waals surface area contributed by atoms with Crippen molar-refractivity contribution in [2.75, 3.05) is 13.1 Å². The molecule has 0 aromatic carbocycles. The first-order valence-corrected chi connectivity index (χ1v) is 5.16. The Hall–Kier alpha value is -0.440. The van der Waals surface area contributed by atoms with Gasteiger partial charge in [0.1, 0.15) is 0 Å². The standard InChI is InChI=1S/C9H14N2S/c1-9(2,3)7-6-12-8-10-4-5-11(7)8/h6H,4-5H2,1-3H3. The molecule has 0 unspecified atom stereocenters. The fraction of sp³-hybridized carbons (Fsp3) is 0.667. The van der Waals surface area contributed by atoms with Crippen LogP contribution in [0.3, 0.4) is 0 Å². The Kier molecular flexibility index (Phi) is 1.72. The van der Waals surface area contributed by atoms with Crippen molar-refractivity contribution in [1.82, 2.24) is 4.90 Å². The fourth-order valence-electron chi connectivity index (χ4n) is 1.50. The second-order valence-corrected chi connectivity index (χ2v) is 5.02. The van der Waals surface area contributed by atoms with E-state index in [0.29, 0.717) is 0 Å². The first kappa shape index (κ1) is 8.17. The van der Waals surface area contributed by atoms with Crippen molar-refractivity contribution >= 4 is 16.9 Å². The molecule has 0 aromatic rings. The number of hydrogen-bond acceptors (Lipinski definition) is 3. The van der Waals surface area contributed by atoms with Gasteiger partial charge in [-0.2, -0.15) is 0 Å². The van der Waals surface area contributed by atoms with E-state index in [1.807, 2.05) is 0 Å². The molecule has 2 heterocycles. The van der Waals surface area contributed by atoms with Crippen LogP contribution in [0.1, 0.15) is 20.8 Å². The summed E-state index contributed by atoms with van der Waals surface area (Å²) < 4.78 is 0. The minimum atomic E-state index is 0.259. The van der Waals surface area contributed by atoms with Gasteiger partial charge in [0.2, 0.25) is 0 Å². The minimum absolute atomic E-state index is 0.259. The predicted octanol–water partition coefficient (Wildman–Crippen LogP) is 2.29. The summed E-state index contributed by atoms with van der Waals surface area (Å²) in [7, 11) is 0. The number of fused-ring (bicyclic) bond motifs is 1. The van der Waals surface area contributed by atoms with E-state index in [0.717, 1.165) is 13.1 Å². The zero-order chi connectivity index (χ0) is 8.77. The van der Waals surface area contributed by atoms with Gasteiger partial charge in [0.05, 0.1) is 6.54 Å². The summed E-state index contributed by atoms with van der Waals surface area (Å²) in [6, 6.07) is 0. The van der Waals surface area contributed by atoms with Gasteiger partial charge in [-0.1, -0.05) is 32.5 Å². The first-order valence-electron chi connectivity index (χ1n) is 4.28. The highest BCUT2D eigenvalue weighted by molar-refractivity contribution is 8.16. The molecule has 0 bridgehead atoms. The summed E-state index contributed by atoms with van der Waals surface area (Å²) in [5.41, 5.74) is 1.68. The van der Waals surface area contributed by atoms with Crippen molar-refractivity contribution in [2.24, 2.45) is 10.4 Å². The molecule has 12 heavy (non-hydrogen) atoms. The third kappa shape index (κ3) is 1.16. The van der Waals surface area contributed by atoms with Crippen molar-refractivity contribution in [3.63, 3.8) is 0 Å². The number of amidine groups is 1. The molecule has 0 radical (unpaired) electrons. The molecule has 2 rings (SSSR count). The van der Waals surface area contributed by atoms with Crippen LogP contribution in [0, 0.1) is 5.41 Å². The van der Waals surface area contributed by atoms with Crippen molar-refractivity contribution < 1.29 is 0 Å². The number of thioether (sulfide) groups is 1. The highest BCUT2D eigenvalue weighted by Gasteiger charge is 2.32. The summed E-state index contributed by atoms with van der Waals surface area (Å²) in [4.78, 5) is 6.75. The van der Waals surface area contributed by atoms with E-state index in [-0.39, 0.29) is 5.41 Å². The van der Waals surface area contributed by atoms with Gasteiger partial charge >= 0.3 is 0 Å². The highest BCUT2D eigenvalue weighted by Crippen LogP contribution is 2.38. The molecule has 0 aromatic heterocycles. The van der Waals surface area contributed by atoms with Gasteiger partial charge in [0.25, 0.3) is 0 Å². The second kappa shape index (κ2) is 2.52. The van der Waals surface area contributed by atoms with E-state index in [1.54, 1.807) is 11.8 Å². The Labute approximate surface area is 77.7 Å². The Balaban J connectivity index is 2.25. The van der Waals surface area contributed by atoms with Crippen molar-refractivity contribution in [3.8, 4) is 0 Å². The smallest absolute Gasteiger partial charge is 0.167 e. The number of hydrogen-bond donors (Lipinski definition) is 0. The molecule has 66 valence electrons. The monoisotopic (exact) mass is 182 g/mol. The summed E-state index contributed by atoms with van der Waals surface area (Å²) in [6.07, 6.45) is 0. The lowest BCUT2D eigenvalue weighted by atomic mass is 9.92. The number of allylic oxidation sites excluding steroid dienone is 1. The zero-order valence-corrected chi connectivity index (χ0v) is 8.61. The molecule has 0 atom stereocenters. The number of rotatable bonds is 0. The molecule has 2 aliphatic rings. The lowest BCUT2D eigenvalue weighted by Gasteiger charge is -2.27. The molecule has 0 saturated carbocycles. The van der Waals surface area contributed by atoms with Crippen LogP contribution in [0.15, 0.2) is 16.1 Å². The molecule has 2 aliphatic heterocycles. The number of nitrogens with zero attached hydrogens (tertiary/aromatic N) is 2. The molecular formula is C9H14N2S. The second-order valence-electron chi connectivity index (χ2n) is 4.19. The third-order valence-electron chi connectivity index (χ3n) is 2.14. The number of aliphatic imine (C=N–C) groups is 1. The fourth-order valence-corrected chi connectivity index (χ4v) is 2.69. The van der Waals surface area contributed by atoms with Crippen LogP contribution in [0.25, 0.3) is 0 Å². The summed E-state index contributed by atoms with van der Waals surface area (Å²) in [6.45, 7) is 8.79. The van der Waals surface area contributed by atoms with E-state index >= 15 is 0 Å². The topological polar surface area (TPSA) is 15.6 Å². The SMILES string of the molecule is CC(C)(C)C1=CSC2=NCCN12. The van der Waals surface area contributed by atoms with E-state index < -0.39 is 0 Å². The van der Waals surface area contributed by atoms with Gasteiger partial charge in [-0.05, 0) is 5.41 Å². The Morgan fingerprint density at radius 1 is 1.50 bits per heavy atom. The van der Waals surface area contributed by atoms with Crippen LogP contribution >= 0.6 is 11.8 Å². The minimum Gasteiger partial charge on any atom is -0.322 e.